The average Bonchev–Trinajstić information content (AvgIpc) is 3.12. The molecule has 6 aromatic rings. The Labute approximate surface area is 381 Å². The van der Waals surface area contributed by atoms with Crippen LogP contribution in [0.4, 0.5) is 0 Å². The molecule has 0 unspecified atom stereocenters. The molecule has 24 nitrogen and oxygen atoms in total. The monoisotopic (exact) mass is 1020 g/mol. The zero-order valence-electron chi connectivity index (χ0n) is 35.3. The molecule has 2 heterocycles. The predicted octanol–water partition coefficient (Wildman–Crippen LogP) is -2.51. The zero-order chi connectivity index (χ0) is 39.2. The topological polar surface area (TPSA) is 536 Å². The van der Waals surface area contributed by atoms with Crippen molar-refractivity contribution in [3.63, 3.8) is 0 Å². The SMILES string of the molecule is CCOc1ccc2c(=O)c(-c3ccc(OCC)c(S(=O)(=O)[O-])c3)coc2c1.CCOc1ccc2c(=O)c(-c3ccc(OCC)c(S(=O)(=O)[O-])c3)coc2c1.O.O.O.O.[Fe+2].[OH3+].[OH3+].[OH3+].[OH3+].[OH3+].[OH3+]. The molecule has 0 spiro atoms. The second-order valence-corrected chi connectivity index (χ2v) is 13.9. The van der Waals surface area contributed by atoms with Crippen LogP contribution < -0.4 is 29.8 Å². The van der Waals surface area contributed by atoms with Crippen LogP contribution in [-0.4, -0.2) is 74.3 Å². The largest absolute Gasteiger partial charge is 2.00 e. The first-order chi connectivity index (χ1) is 25.7. The van der Waals surface area contributed by atoms with Crippen LogP contribution in [0.5, 0.6) is 23.0 Å². The molecule has 0 amide bonds. The molecule has 6 rings (SSSR count). The molecule has 26 N–H and O–H groups in total. The molecular weight excluding hydrogens is 960 g/mol. The molecule has 370 valence electrons. The second-order valence-electron chi connectivity index (χ2n) is 11.2. The van der Waals surface area contributed by atoms with Crippen molar-refractivity contribution < 1.29 is 126 Å². The summed E-state index contributed by atoms with van der Waals surface area (Å²) in [6, 6.07) is 17.6. The van der Waals surface area contributed by atoms with Crippen LogP contribution in [0.2, 0.25) is 0 Å². The number of rotatable bonds is 12. The van der Waals surface area contributed by atoms with E-state index in [1.807, 2.05) is 13.8 Å². The number of ether oxygens (including phenoxy) is 4. The molecule has 0 aliphatic rings. The van der Waals surface area contributed by atoms with Crippen LogP contribution >= 0.6 is 0 Å². The van der Waals surface area contributed by atoms with Gasteiger partial charge in [-0.25, -0.2) is 16.8 Å². The van der Waals surface area contributed by atoms with Crippen molar-refractivity contribution >= 4 is 42.2 Å². The second kappa shape index (κ2) is 31.3. The summed E-state index contributed by atoms with van der Waals surface area (Å²) in [6.07, 6.45) is 2.47. The molecule has 2 aromatic heterocycles. The molecule has 0 fully saturated rings. The third-order valence-corrected chi connectivity index (χ3v) is 9.48. The van der Waals surface area contributed by atoms with Gasteiger partial charge in [0.25, 0.3) is 0 Å². The molecular formula is C38H60FeO24S2+6. The van der Waals surface area contributed by atoms with E-state index in [1.165, 1.54) is 36.8 Å². The standard InChI is InChI=1S/2C19H18O7S.Fe.10H2O/c2*1-3-24-13-6-7-14-17(10-13)26-11-15(19(14)20)12-5-8-16(25-4-2)18(9-12)27(21,22)23;;;;;;;;;;;/h2*5-11H,3-4H2,1-2H3,(H,21,22,23);;10*1H2/q;;+2;;;;;;;;;;/p+4. The van der Waals surface area contributed by atoms with Gasteiger partial charge in [0.1, 0.15) is 66.9 Å². The number of fused-ring (bicyclic) bond motifs is 2. The fourth-order valence-electron chi connectivity index (χ4n) is 5.42. The third kappa shape index (κ3) is 17.1. The van der Waals surface area contributed by atoms with Crippen molar-refractivity contribution in [1.82, 2.24) is 0 Å². The Morgan fingerprint density at radius 1 is 0.477 bits per heavy atom. The van der Waals surface area contributed by atoms with Gasteiger partial charge in [0.2, 0.25) is 0 Å². The smallest absolute Gasteiger partial charge is 0.744 e. The van der Waals surface area contributed by atoms with E-state index in [2.05, 4.69) is 0 Å². The van der Waals surface area contributed by atoms with Crippen molar-refractivity contribution in [3.8, 4) is 45.3 Å². The van der Waals surface area contributed by atoms with E-state index in [9.17, 15) is 35.5 Å². The quantitative estimate of drug-likeness (QED) is 0.0695. The molecule has 0 aliphatic heterocycles. The van der Waals surface area contributed by atoms with Crippen molar-refractivity contribution in [2.75, 3.05) is 26.4 Å². The fourth-order valence-corrected chi connectivity index (χ4v) is 6.71. The Balaban J connectivity index is -0.000000177. The maximum Gasteiger partial charge on any atom is 2.00 e. The summed E-state index contributed by atoms with van der Waals surface area (Å²) >= 11 is 0. The predicted molar refractivity (Wildman–Crippen MR) is 240 cm³/mol. The minimum atomic E-state index is -4.78. The first-order valence-electron chi connectivity index (χ1n) is 16.5. The number of benzene rings is 4. The van der Waals surface area contributed by atoms with Crippen LogP contribution in [0.3, 0.4) is 0 Å². The average molecular weight is 1020 g/mol. The fraction of sp³-hybridized carbons (Fsp3) is 0.211. The van der Waals surface area contributed by atoms with Gasteiger partial charge in [-0.1, -0.05) is 12.1 Å². The van der Waals surface area contributed by atoms with E-state index in [1.54, 1.807) is 50.2 Å². The van der Waals surface area contributed by atoms with Crippen LogP contribution in [0.15, 0.2) is 114 Å². The van der Waals surface area contributed by atoms with Crippen LogP contribution in [0, 0.1) is 0 Å². The molecule has 0 radical (unpaired) electrons. The van der Waals surface area contributed by atoms with E-state index >= 15 is 0 Å². The Kier molecular flexibility index (Phi) is 35.6. The minimum absolute atomic E-state index is 0. The van der Waals surface area contributed by atoms with E-state index in [4.69, 9.17) is 27.8 Å². The summed E-state index contributed by atoms with van der Waals surface area (Å²) in [5.41, 5.74) is 0.763. The Morgan fingerprint density at radius 3 is 1.06 bits per heavy atom. The molecule has 0 saturated carbocycles. The van der Waals surface area contributed by atoms with Gasteiger partial charge in [0.15, 0.2) is 10.9 Å². The summed E-state index contributed by atoms with van der Waals surface area (Å²) < 4.78 is 102. The zero-order valence-corrected chi connectivity index (χ0v) is 38.0. The van der Waals surface area contributed by atoms with Crippen LogP contribution in [0.25, 0.3) is 44.2 Å². The van der Waals surface area contributed by atoms with Gasteiger partial charge in [0, 0.05) is 12.1 Å². The first kappa shape index (κ1) is 73.8. The van der Waals surface area contributed by atoms with E-state index in [0.717, 1.165) is 12.1 Å². The van der Waals surface area contributed by atoms with Gasteiger partial charge in [-0.05, 0) is 87.4 Å². The third-order valence-electron chi connectivity index (χ3n) is 7.76. The van der Waals surface area contributed by atoms with Gasteiger partial charge in [0.05, 0.1) is 58.1 Å². The molecule has 0 saturated heterocycles. The summed E-state index contributed by atoms with van der Waals surface area (Å²) in [5, 5.41) is 0.632. The first-order valence-corrected chi connectivity index (χ1v) is 19.3. The van der Waals surface area contributed by atoms with E-state index in [-0.39, 0.29) is 130 Å². The number of hydrogen-bond donors (Lipinski definition) is 0. The Hall–Kier alpha value is -5.56. The van der Waals surface area contributed by atoms with Crippen LogP contribution in [0.1, 0.15) is 27.7 Å². The molecule has 0 bridgehead atoms. The van der Waals surface area contributed by atoms with Gasteiger partial charge in [-0.3, -0.25) is 9.59 Å². The Bertz CT molecular complexity index is 2500. The molecule has 65 heavy (non-hydrogen) atoms. The minimum Gasteiger partial charge on any atom is -0.744 e. The van der Waals surface area contributed by atoms with Gasteiger partial charge >= 0.3 is 17.1 Å². The maximum absolute atomic E-state index is 12.8. The van der Waals surface area contributed by atoms with Gasteiger partial charge in [-0.2, -0.15) is 0 Å². The maximum atomic E-state index is 12.8. The van der Waals surface area contributed by atoms with Gasteiger partial charge < -0.3 is 91.6 Å². The number of hydrogen-bond acceptors (Lipinski definition) is 14. The Morgan fingerprint density at radius 2 is 0.785 bits per heavy atom. The molecule has 4 aromatic carbocycles. The van der Waals surface area contributed by atoms with Crippen molar-refractivity contribution in [1.29, 1.82) is 0 Å². The summed E-state index contributed by atoms with van der Waals surface area (Å²) in [4.78, 5) is 24.6. The molecule has 0 atom stereocenters. The van der Waals surface area contributed by atoms with Gasteiger partial charge in [-0.15, -0.1) is 0 Å². The summed E-state index contributed by atoms with van der Waals surface area (Å²) in [7, 11) is -9.56. The molecule has 27 heteroatoms. The summed E-state index contributed by atoms with van der Waals surface area (Å²) in [5.74, 6) is 1.04. The summed E-state index contributed by atoms with van der Waals surface area (Å²) in [6.45, 7) is 8.38. The van der Waals surface area contributed by atoms with Crippen molar-refractivity contribution in [2.24, 2.45) is 0 Å². The van der Waals surface area contributed by atoms with E-state index < -0.39 is 30.0 Å². The van der Waals surface area contributed by atoms with Crippen molar-refractivity contribution in [2.45, 2.75) is 37.5 Å². The molecule has 0 aliphatic carbocycles. The van der Waals surface area contributed by atoms with Crippen molar-refractivity contribution in [3.05, 3.63) is 106 Å². The normalized spacial score (nSPS) is 9.57. The van der Waals surface area contributed by atoms with Crippen LogP contribution in [-0.2, 0) is 70.2 Å². The van der Waals surface area contributed by atoms with E-state index in [0.29, 0.717) is 46.7 Å².